The molecule has 0 aromatic heterocycles. The standard InChI is InChI=1S/C9H18O3/c1-4-5-8(11)12-7-9(2,3)6-10/h10H,4-7H2,1-3H3/i7D2. The molecule has 12 heavy (non-hydrogen) atoms. The van der Waals surface area contributed by atoms with Gasteiger partial charge in [-0.1, -0.05) is 20.8 Å². The fourth-order valence-corrected chi connectivity index (χ4v) is 0.482. The Morgan fingerprint density at radius 3 is 2.67 bits per heavy atom. The SMILES string of the molecule is [2H]C([2H])(OC(=O)CCC)C(C)(C)CO. The molecule has 0 unspecified atom stereocenters. The lowest BCUT2D eigenvalue weighted by atomic mass is 9.97. The molecule has 0 aromatic carbocycles. The van der Waals surface area contributed by atoms with Gasteiger partial charge in [0.05, 0.1) is 15.9 Å². The molecule has 0 rings (SSSR count). The molecule has 0 spiro atoms. The van der Waals surface area contributed by atoms with Gasteiger partial charge in [-0.05, 0) is 6.42 Å². The third-order valence-corrected chi connectivity index (χ3v) is 1.29. The van der Waals surface area contributed by atoms with Crippen LogP contribution < -0.4 is 0 Å². The molecule has 0 radical (unpaired) electrons. The van der Waals surface area contributed by atoms with E-state index in [0.717, 1.165) is 0 Å². The van der Waals surface area contributed by atoms with E-state index in [4.69, 9.17) is 7.85 Å². The number of aliphatic hydroxyl groups is 1. The van der Waals surface area contributed by atoms with Crippen molar-refractivity contribution in [1.82, 2.24) is 0 Å². The summed E-state index contributed by atoms with van der Waals surface area (Å²) in [7, 11) is 0. The van der Waals surface area contributed by atoms with Gasteiger partial charge in [-0.15, -0.1) is 0 Å². The van der Waals surface area contributed by atoms with E-state index in [2.05, 4.69) is 4.74 Å². The highest BCUT2D eigenvalue weighted by Crippen LogP contribution is 2.13. The zero-order valence-electron chi connectivity index (χ0n) is 9.89. The number of carbonyl (C=O) groups excluding carboxylic acids is 1. The van der Waals surface area contributed by atoms with E-state index in [-0.39, 0.29) is 13.0 Å². The Hall–Kier alpha value is -0.570. The first kappa shape index (κ1) is 8.05. The third kappa shape index (κ3) is 5.13. The van der Waals surface area contributed by atoms with Crippen LogP contribution >= 0.6 is 0 Å². The minimum Gasteiger partial charge on any atom is -0.465 e. The van der Waals surface area contributed by atoms with Crippen LogP contribution in [0.25, 0.3) is 0 Å². The van der Waals surface area contributed by atoms with Crippen molar-refractivity contribution < 1.29 is 17.4 Å². The van der Waals surface area contributed by atoms with Crippen molar-refractivity contribution in [3.8, 4) is 0 Å². The lowest BCUT2D eigenvalue weighted by Crippen LogP contribution is -2.25. The number of aliphatic hydroxyl groups excluding tert-OH is 1. The molecule has 0 heterocycles. The lowest BCUT2D eigenvalue weighted by molar-refractivity contribution is -0.147. The van der Waals surface area contributed by atoms with Gasteiger partial charge in [-0.25, -0.2) is 0 Å². The summed E-state index contributed by atoms with van der Waals surface area (Å²) in [6, 6.07) is 0. The molecular formula is C9H18O3. The molecule has 3 heteroatoms. The maximum Gasteiger partial charge on any atom is 0.305 e. The average Bonchev–Trinajstić information content (AvgIpc) is 2.03. The predicted octanol–water partition coefficient (Wildman–Crippen LogP) is 1.35. The van der Waals surface area contributed by atoms with Crippen molar-refractivity contribution in [1.29, 1.82) is 0 Å². The summed E-state index contributed by atoms with van der Waals surface area (Å²) in [5.74, 6) is -0.570. The first-order valence-electron chi connectivity index (χ1n) is 5.09. The summed E-state index contributed by atoms with van der Waals surface area (Å²) in [6.45, 7) is 2.32. The fraction of sp³-hybridized carbons (Fsp3) is 0.889. The fourth-order valence-electron chi connectivity index (χ4n) is 0.482. The zero-order valence-corrected chi connectivity index (χ0v) is 7.89. The summed E-state index contributed by atoms with van der Waals surface area (Å²) in [6.07, 6.45) is 0.815. The summed E-state index contributed by atoms with van der Waals surface area (Å²) >= 11 is 0. The first-order valence-corrected chi connectivity index (χ1v) is 4.09. The van der Waals surface area contributed by atoms with E-state index >= 15 is 0 Å². The molecule has 0 fully saturated rings. The Labute approximate surface area is 76.5 Å². The van der Waals surface area contributed by atoms with Crippen molar-refractivity contribution in [2.45, 2.75) is 33.6 Å². The monoisotopic (exact) mass is 176 g/mol. The van der Waals surface area contributed by atoms with E-state index in [1.807, 2.05) is 6.92 Å². The van der Waals surface area contributed by atoms with Crippen LogP contribution in [0.4, 0.5) is 0 Å². The van der Waals surface area contributed by atoms with Gasteiger partial charge in [0.15, 0.2) is 0 Å². The molecule has 0 atom stereocenters. The van der Waals surface area contributed by atoms with Crippen LogP contribution in [0.15, 0.2) is 0 Å². The molecule has 0 aromatic rings. The van der Waals surface area contributed by atoms with Crippen molar-refractivity contribution in [2.24, 2.45) is 5.41 Å². The molecule has 1 N–H and O–H groups in total. The minimum atomic E-state index is -2.13. The topological polar surface area (TPSA) is 46.5 Å². The van der Waals surface area contributed by atoms with Crippen LogP contribution in [-0.4, -0.2) is 24.2 Å². The second-order valence-corrected chi connectivity index (χ2v) is 3.37. The number of rotatable bonds is 5. The van der Waals surface area contributed by atoms with Crippen LogP contribution in [0.3, 0.4) is 0 Å². The van der Waals surface area contributed by atoms with E-state index in [9.17, 15) is 4.79 Å². The second-order valence-electron chi connectivity index (χ2n) is 3.37. The van der Waals surface area contributed by atoms with Gasteiger partial charge < -0.3 is 9.84 Å². The summed E-state index contributed by atoms with van der Waals surface area (Å²) in [4.78, 5) is 11.1. The summed E-state index contributed by atoms with van der Waals surface area (Å²) < 4.78 is 19.7. The zero-order chi connectivity index (χ0) is 11.4. The van der Waals surface area contributed by atoms with Gasteiger partial charge in [0.1, 0.15) is 0 Å². The summed E-state index contributed by atoms with van der Waals surface area (Å²) in [5.41, 5.74) is -1.09. The first-order chi connectivity index (χ1) is 6.27. The number of hydrogen-bond donors (Lipinski definition) is 1. The Morgan fingerprint density at radius 2 is 2.25 bits per heavy atom. The van der Waals surface area contributed by atoms with Gasteiger partial charge in [0.2, 0.25) is 0 Å². The van der Waals surface area contributed by atoms with Crippen molar-refractivity contribution >= 4 is 5.97 Å². The molecule has 0 aliphatic carbocycles. The molecule has 0 amide bonds. The predicted molar refractivity (Wildman–Crippen MR) is 46.7 cm³/mol. The maximum atomic E-state index is 11.1. The molecule has 72 valence electrons. The van der Waals surface area contributed by atoms with Crippen LogP contribution in [0, 0.1) is 5.41 Å². The van der Waals surface area contributed by atoms with Gasteiger partial charge in [0.25, 0.3) is 0 Å². The molecular weight excluding hydrogens is 156 g/mol. The van der Waals surface area contributed by atoms with Crippen LogP contribution in [0.2, 0.25) is 0 Å². The lowest BCUT2D eigenvalue weighted by Gasteiger charge is -2.20. The van der Waals surface area contributed by atoms with E-state index in [0.29, 0.717) is 6.42 Å². The quantitative estimate of drug-likeness (QED) is 0.643. The summed E-state index contributed by atoms with van der Waals surface area (Å²) in [5, 5.41) is 8.94. The average molecular weight is 176 g/mol. The Bertz CT molecular complexity index is 202. The number of ether oxygens (including phenoxy) is 1. The molecule has 0 saturated carbocycles. The number of hydrogen-bond acceptors (Lipinski definition) is 3. The highest BCUT2D eigenvalue weighted by Gasteiger charge is 2.18. The molecule has 0 saturated heterocycles. The van der Waals surface area contributed by atoms with Crippen LogP contribution in [0.1, 0.15) is 36.4 Å². The van der Waals surface area contributed by atoms with Crippen molar-refractivity contribution in [2.75, 3.05) is 13.2 Å². The molecule has 0 bridgehead atoms. The Kier molecular flexibility index (Phi) is 3.45. The highest BCUT2D eigenvalue weighted by atomic mass is 16.5. The number of esters is 1. The Balaban J connectivity index is 4.40. The maximum absolute atomic E-state index is 11.1. The van der Waals surface area contributed by atoms with Gasteiger partial charge in [0, 0.05) is 11.8 Å². The van der Waals surface area contributed by atoms with E-state index < -0.39 is 17.9 Å². The van der Waals surface area contributed by atoms with E-state index in [1.54, 1.807) is 0 Å². The largest absolute Gasteiger partial charge is 0.465 e. The molecule has 0 aliphatic rings. The second kappa shape index (κ2) is 5.14. The van der Waals surface area contributed by atoms with Gasteiger partial charge in [-0.2, -0.15) is 0 Å². The third-order valence-electron chi connectivity index (χ3n) is 1.29. The van der Waals surface area contributed by atoms with Gasteiger partial charge >= 0.3 is 5.97 Å². The van der Waals surface area contributed by atoms with Crippen LogP contribution in [0.5, 0.6) is 0 Å². The number of carbonyl (C=O) groups is 1. The Morgan fingerprint density at radius 1 is 1.67 bits per heavy atom. The molecule has 0 aliphatic heterocycles. The van der Waals surface area contributed by atoms with Crippen molar-refractivity contribution in [3.63, 3.8) is 0 Å². The van der Waals surface area contributed by atoms with Gasteiger partial charge in [-0.3, -0.25) is 4.79 Å². The highest BCUT2D eigenvalue weighted by molar-refractivity contribution is 5.69. The smallest absolute Gasteiger partial charge is 0.305 e. The van der Waals surface area contributed by atoms with E-state index in [1.165, 1.54) is 13.8 Å². The normalized spacial score (nSPS) is 15.0. The molecule has 3 nitrogen and oxygen atoms in total. The minimum absolute atomic E-state index is 0.195. The van der Waals surface area contributed by atoms with Crippen LogP contribution in [-0.2, 0) is 9.53 Å². The van der Waals surface area contributed by atoms with Crippen molar-refractivity contribution in [3.05, 3.63) is 0 Å².